The van der Waals surface area contributed by atoms with E-state index in [0.29, 0.717) is 13.1 Å². The predicted molar refractivity (Wildman–Crippen MR) is 104 cm³/mol. The highest BCUT2D eigenvalue weighted by Gasteiger charge is 2.21. The number of carbonyl (C=O) groups is 1. The molecule has 0 atom stereocenters. The third kappa shape index (κ3) is 4.44. The first-order valence-electron chi connectivity index (χ1n) is 8.68. The van der Waals surface area contributed by atoms with E-state index in [-0.39, 0.29) is 11.6 Å². The number of para-hydroxylation sites is 2. The molecule has 0 spiro atoms. The molecule has 1 amide bonds. The second kappa shape index (κ2) is 8.35. The van der Waals surface area contributed by atoms with Crippen LogP contribution in [0.5, 0.6) is 5.75 Å². The minimum Gasteiger partial charge on any atom is -0.495 e. The molecule has 7 heteroatoms. The minimum atomic E-state index is -0.445. The molecule has 0 aliphatic carbocycles. The summed E-state index contributed by atoms with van der Waals surface area (Å²) >= 11 is 0. The van der Waals surface area contributed by atoms with E-state index in [2.05, 4.69) is 4.90 Å². The van der Waals surface area contributed by atoms with Crippen molar-refractivity contribution in [2.75, 3.05) is 38.2 Å². The smallest absolute Gasteiger partial charge is 0.269 e. The molecule has 1 fully saturated rings. The molecule has 0 unspecified atom stereocenters. The number of carbonyl (C=O) groups excluding carboxylic acids is 1. The van der Waals surface area contributed by atoms with E-state index < -0.39 is 4.92 Å². The first kappa shape index (κ1) is 18.4. The molecule has 0 N–H and O–H groups in total. The number of nitrogens with zero attached hydrogens (tertiary/aromatic N) is 3. The molecule has 2 aromatic rings. The number of non-ortho nitro benzene ring substituents is 1. The van der Waals surface area contributed by atoms with Gasteiger partial charge >= 0.3 is 0 Å². The molecule has 0 radical (unpaired) electrons. The molecule has 3 rings (SSSR count). The summed E-state index contributed by atoms with van der Waals surface area (Å²) in [6, 6.07) is 14.0. The number of hydrogen-bond donors (Lipinski definition) is 0. The van der Waals surface area contributed by atoms with Crippen LogP contribution in [0.3, 0.4) is 0 Å². The molecule has 0 saturated carbocycles. The fourth-order valence-corrected chi connectivity index (χ4v) is 3.04. The van der Waals surface area contributed by atoms with Crippen LogP contribution in [0.2, 0.25) is 0 Å². The van der Waals surface area contributed by atoms with Crippen molar-refractivity contribution in [1.82, 2.24) is 4.90 Å². The van der Waals surface area contributed by atoms with E-state index in [1.165, 1.54) is 18.2 Å². The number of hydrogen-bond acceptors (Lipinski definition) is 5. The molecular formula is C20H21N3O4. The number of benzene rings is 2. The highest BCUT2D eigenvalue weighted by Crippen LogP contribution is 2.28. The zero-order valence-electron chi connectivity index (χ0n) is 15.1. The van der Waals surface area contributed by atoms with Crippen LogP contribution in [0.1, 0.15) is 5.56 Å². The van der Waals surface area contributed by atoms with Crippen LogP contribution in [-0.2, 0) is 4.79 Å². The van der Waals surface area contributed by atoms with Gasteiger partial charge in [0.1, 0.15) is 5.75 Å². The summed E-state index contributed by atoms with van der Waals surface area (Å²) in [5, 5.41) is 10.7. The van der Waals surface area contributed by atoms with Crippen molar-refractivity contribution >= 4 is 23.4 Å². The van der Waals surface area contributed by atoms with E-state index in [1.807, 2.05) is 24.3 Å². The van der Waals surface area contributed by atoms with Crippen LogP contribution in [0.4, 0.5) is 11.4 Å². The van der Waals surface area contributed by atoms with Crippen molar-refractivity contribution in [2.45, 2.75) is 0 Å². The number of nitro groups is 1. The van der Waals surface area contributed by atoms with Gasteiger partial charge in [0.15, 0.2) is 0 Å². The maximum atomic E-state index is 12.4. The lowest BCUT2D eigenvalue weighted by molar-refractivity contribution is -0.384. The van der Waals surface area contributed by atoms with Gasteiger partial charge in [-0.25, -0.2) is 0 Å². The number of rotatable bonds is 5. The molecule has 0 bridgehead atoms. The van der Waals surface area contributed by atoms with Crippen LogP contribution in [-0.4, -0.2) is 49.0 Å². The summed E-state index contributed by atoms with van der Waals surface area (Å²) in [4.78, 5) is 26.6. The van der Waals surface area contributed by atoms with E-state index in [4.69, 9.17) is 4.74 Å². The van der Waals surface area contributed by atoms with Gasteiger partial charge in [-0.1, -0.05) is 12.1 Å². The molecule has 2 aromatic carbocycles. The van der Waals surface area contributed by atoms with Crippen LogP contribution >= 0.6 is 0 Å². The summed E-state index contributed by atoms with van der Waals surface area (Å²) in [6.45, 7) is 2.72. The van der Waals surface area contributed by atoms with Crippen molar-refractivity contribution in [3.05, 3.63) is 70.3 Å². The molecule has 27 heavy (non-hydrogen) atoms. The average Bonchev–Trinajstić information content (AvgIpc) is 2.72. The van der Waals surface area contributed by atoms with Crippen LogP contribution in [0.25, 0.3) is 6.08 Å². The zero-order chi connectivity index (χ0) is 19.2. The summed E-state index contributed by atoms with van der Waals surface area (Å²) in [5.74, 6) is 0.767. The number of nitro benzene ring substituents is 1. The van der Waals surface area contributed by atoms with Gasteiger partial charge < -0.3 is 14.5 Å². The Balaban J connectivity index is 1.57. The standard InChI is InChI=1S/C20H21N3O4/c1-27-19-5-3-2-4-18(19)21-12-14-22(15-13-21)20(24)11-8-16-6-9-17(10-7-16)23(25)26/h2-11H,12-15H2,1H3. The van der Waals surface area contributed by atoms with Gasteiger partial charge in [-0.15, -0.1) is 0 Å². The SMILES string of the molecule is COc1ccccc1N1CCN(C(=O)C=Cc2ccc([N+](=O)[O-])cc2)CC1. The fourth-order valence-electron chi connectivity index (χ4n) is 3.04. The van der Waals surface area contributed by atoms with Gasteiger partial charge in [0.2, 0.25) is 5.91 Å². The van der Waals surface area contributed by atoms with E-state index in [9.17, 15) is 14.9 Å². The fraction of sp³-hybridized carbons (Fsp3) is 0.250. The lowest BCUT2D eigenvalue weighted by atomic mass is 10.2. The second-order valence-electron chi connectivity index (χ2n) is 6.17. The lowest BCUT2D eigenvalue weighted by Crippen LogP contribution is -2.48. The Labute approximate surface area is 157 Å². The summed E-state index contributed by atoms with van der Waals surface area (Å²) in [6.07, 6.45) is 3.19. The first-order valence-corrected chi connectivity index (χ1v) is 8.68. The molecule has 1 saturated heterocycles. The molecule has 0 aromatic heterocycles. The molecule has 1 heterocycles. The van der Waals surface area contributed by atoms with Crippen molar-refractivity contribution < 1.29 is 14.5 Å². The molecule has 140 valence electrons. The van der Waals surface area contributed by atoms with Gasteiger partial charge in [0.25, 0.3) is 5.69 Å². The van der Waals surface area contributed by atoms with Crippen LogP contribution < -0.4 is 9.64 Å². The Kier molecular flexibility index (Phi) is 5.71. The summed E-state index contributed by atoms with van der Waals surface area (Å²) in [7, 11) is 1.65. The largest absolute Gasteiger partial charge is 0.495 e. The molecule has 7 nitrogen and oxygen atoms in total. The van der Waals surface area contributed by atoms with E-state index >= 15 is 0 Å². The van der Waals surface area contributed by atoms with Crippen molar-refractivity contribution in [1.29, 1.82) is 0 Å². The monoisotopic (exact) mass is 367 g/mol. The van der Waals surface area contributed by atoms with E-state index in [1.54, 1.807) is 30.2 Å². The van der Waals surface area contributed by atoms with Gasteiger partial charge in [-0.2, -0.15) is 0 Å². The highest BCUT2D eigenvalue weighted by molar-refractivity contribution is 5.92. The van der Waals surface area contributed by atoms with Crippen LogP contribution in [0.15, 0.2) is 54.6 Å². The maximum Gasteiger partial charge on any atom is 0.269 e. The van der Waals surface area contributed by atoms with Crippen molar-refractivity contribution in [3.63, 3.8) is 0 Å². The lowest BCUT2D eigenvalue weighted by Gasteiger charge is -2.36. The number of methoxy groups -OCH3 is 1. The number of anilines is 1. The van der Waals surface area contributed by atoms with Gasteiger partial charge in [0, 0.05) is 44.4 Å². The Bertz CT molecular complexity index is 841. The van der Waals surface area contributed by atoms with Crippen molar-refractivity contribution in [3.8, 4) is 5.75 Å². The third-order valence-electron chi connectivity index (χ3n) is 4.54. The van der Waals surface area contributed by atoms with Crippen LogP contribution in [0, 0.1) is 10.1 Å². The predicted octanol–water partition coefficient (Wildman–Crippen LogP) is 2.97. The Hall–Kier alpha value is -3.35. The Morgan fingerprint density at radius 2 is 1.74 bits per heavy atom. The maximum absolute atomic E-state index is 12.4. The Morgan fingerprint density at radius 1 is 1.07 bits per heavy atom. The minimum absolute atomic E-state index is 0.0333. The van der Waals surface area contributed by atoms with Gasteiger partial charge in [-0.3, -0.25) is 14.9 Å². The van der Waals surface area contributed by atoms with Gasteiger partial charge in [-0.05, 0) is 35.9 Å². The summed E-state index contributed by atoms with van der Waals surface area (Å²) in [5.41, 5.74) is 1.82. The summed E-state index contributed by atoms with van der Waals surface area (Å²) < 4.78 is 5.41. The molecular weight excluding hydrogens is 346 g/mol. The number of amides is 1. The number of piperazine rings is 1. The average molecular weight is 367 g/mol. The van der Waals surface area contributed by atoms with Gasteiger partial charge in [0.05, 0.1) is 17.7 Å². The topological polar surface area (TPSA) is 75.9 Å². The van der Waals surface area contributed by atoms with E-state index in [0.717, 1.165) is 30.1 Å². The number of ether oxygens (including phenoxy) is 1. The normalized spacial score (nSPS) is 14.4. The first-order chi connectivity index (χ1) is 13.1. The highest BCUT2D eigenvalue weighted by atomic mass is 16.6. The Morgan fingerprint density at radius 3 is 2.37 bits per heavy atom. The zero-order valence-corrected chi connectivity index (χ0v) is 15.1. The molecule has 1 aliphatic rings. The second-order valence-corrected chi connectivity index (χ2v) is 6.17. The van der Waals surface area contributed by atoms with Crippen molar-refractivity contribution in [2.24, 2.45) is 0 Å². The quantitative estimate of drug-likeness (QED) is 0.461. The molecule has 1 aliphatic heterocycles. The third-order valence-corrected chi connectivity index (χ3v) is 4.54.